The monoisotopic (exact) mass is 320 g/mol. The molecule has 6 heteroatoms. The number of alkyl halides is 3. The first-order valence-corrected chi connectivity index (χ1v) is 6.36. The molecule has 2 aromatic rings. The molecule has 2 rings (SSSR count). The Morgan fingerprint density at radius 3 is 2.45 bits per heavy atom. The molecule has 0 N–H and O–H groups in total. The second-order valence-corrected chi connectivity index (χ2v) is 4.91. The summed E-state index contributed by atoms with van der Waals surface area (Å²) < 4.78 is 43.1. The van der Waals surface area contributed by atoms with E-state index in [0.717, 1.165) is 12.1 Å². The van der Waals surface area contributed by atoms with Crippen LogP contribution in [0.15, 0.2) is 42.5 Å². The summed E-state index contributed by atoms with van der Waals surface area (Å²) in [4.78, 5) is 0. The van der Waals surface area contributed by atoms with Crippen molar-refractivity contribution in [3.05, 3.63) is 63.6 Å². The van der Waals surface area contributed by atoms with Crippen LogP contribution in [0.3, 0.4) is 0 Å². The maximum Gasteiger partial charge on any atom is 0.416 e. The largest absolute Gasteiger partial charge is 0.487 e. The molecule has 0 amide bonds. The van der Waals surface area contributed by atoms with Crippen LogP contribution in [-0.4, -0.2) is 0 Å². The number of hydrogen-bond acceptors (Lipinski definition) is 1. The van der Waals surface area contributed by atoms with Gasteiger partial charge in [0.25, 0.3) is 0 Å². The summed E-state index contributed by atoms with van der Waals surface area (Å²) in [5, 5.41) is 0.787. The van der Waals surface area contributed by atoms with Crippen molar-refractivity contribution < 1.29 is 17.9 Å². The molecule has 0 unspecified atom stereocenters. The highest BCUT2D eigenvalue weighted by molar-refractivity contribution is 6.34. The van der Waals surface area contributed by atoms with Crippen LogP contribution in [0.2, 0.25) is 10.0 Å². The van der Waals surface area contributed by atoms with Gasteiger partial charge in [-0.15, -0.1) is 0 Å². The van der Waals surface area contributed by atoms with Crippen LogP contribution in [0.5, 0.6) is 5.75 Å². The van der Waals surface area contributed by atoms with Crippen LogP contribution in [0, 0.1) is 0 Å². The fourth-order valence-corrected chi connectivity index (χ4v) is 1.92. The summed E-state index contributed by atoms with van der Waals surface area (Å²) in [5.74, 6) is 0.330. The first-order chi connectivity index (χ1) is 9.36. The molecule has 0 heterocycles. The zero-order valence-corrected chi connectivity index (χ0v) is 11.6. The van der Waals surface area contributed by atoms with E-state index in [2.05, 4.69) is 0 Å². The van der Waals surface area contributed by atoms with Gasteiger partial charge in [0, 0.05) is 11.1 Å². The van der Waals surface area contributed by atoms with E-state index in [-0.39, 0.29) is 6.61 Å². The van der Waals surface area contributed by atoms with E-state index in [0.29, 0.717) is 21.4 Å². The molecule has 106 valence electrons. The van der Waals surface area contributed by atoms with Crippen molar-refractivity contribution in [2.24, 2.45) is 0 Å². The Morgan fingerprint density at radius 1 is 1.00 bits per heavy atom. The third kappa shape index (κ3) is 3.81. The molecule has 0 bridgehead atoms. The van der Waals surface area contributed by atoms with E-state index in [1.807, 2.05) is 0 Å². The summed E-state index contributed by atoms with van der Waals surface area (Å²) >= 11 is 11.7. The van der Waals surface area contributed by atoms with Gasteiger partial charge in [-0.25, -0.2) is 0 Å². The van der Waals surface area contributed by atoms with Crippen molar-refractivity contribution >= 4 is 23.2 Å². The van der Waals surface area contributed by atoms with Crippen LogP contribution in [0.25, 0.3) is 0 Å². The van der Waals surface area contributed by atoms with Gasteiger partial charge in [0.15, 0.2) is 0 Å². The van der Waals surface area contributed by atoms with Gasteiger partial charge in [-0.05, 0) is 29.8 Å². The molecule has 0 spiro atoms. The third-order valence-electron chi connectivity index (χ3n) is 2.54. The van der Waals surface area contributed by atoms with Gasteiger partial charge in [-0.2, -0.15) is 13.2 Å². The lowest BCUT2D eigenvalue weighted by Gasteiger charge is -2.11. The van der Waals surface area contributed by atoms with Gasteiger partial charge in [0.1, 0.15) is 12.4 Å². The van der Waals surface area contributed by atoms with Crippen LogP contribution in [0.4, 0.5) is 13.2 Å². The zero-order valence-electron chi connectivity index (χ0n) is 10.0. The molecule has 2 aromatic carbocycles. The van der Waals surface area contributed by atoms with E-state index >= 15 is 0 Å². The number of ether oxygens (including phenoxy) is 1. The fourth-order valence-electron chi connectivity index (χ4n) is 1.59. The lowest BCUT2D eigenvalue weighted by atomic mass is 10.1. The minimum absolute atomic E-state index is 0.0238. The van der Waals surface area contributed by atoms with Crippen LogP contribution < -0.4 is 4.74 Å². The van der Waals surface area contributed by atoms with Crippen molar-refractivity contribution in [1.29, 1.82) is 0 Å². The first kappa shape index (κ1) is 15.0. The third-order valence-corrected chi connectivity index (χ3v) is 3.09. The number of halogens is 5. The highest BCUT2D eigenvalue weighted by atomic mass is 35.5. The quantitative estimate of drug-likeness (QED) is 0.716. The van der Waals surface area contributed by atoms with Gasteiger partial charge in [-0.1, -0.05) is 35.3 Å². The van der Waals surface area contributed by atoms with Crippen molar-refractivity contribution in [1.82, 2.24) is 0 Å². The minimum Gasteiger partial charge on any atom is -0.487 e. The van der Waals surface area contributed by atoms with E-state index in [1.165, 1.54) is 12.1 Å². The van der Waals surface area contributed by atoms with Gasteiger partial charge >= 0.3 is 6.18 Å². The highest BCUT2D eigenvalue weighted by Crippen LogP contribution is 2.31. The maximum absolute atomic E-state index is 12.6. The Hall–Kier alpha value is -1.39. The van der Waals surface area contributed by atoms with Crippen LogP contribution in [-0.2, 0) is 12.8 Å². The van der Waals surface area contributed by atoms with E-state index < -0.39 is 11.7 Å². The molecule has 0 atom stereocenters. The molecule has 0 fully saturated rings. The van der Waals surface area contributed by atoms with Crippen molar-refractivity contribution in [2.45, 2.75) is 12.8 Å². The lowest BCUT2D eigenvalue weighted by molar-refractivity contribution is -0.137. The molecule has 0 aliphatic rings. The number of hydrogen-bond donors (Lipinski definition) is 0. The summed E-state index contributed by atoms with van der Waals surface area (Å²) in [6, 6.07) is 9.60. The molecule has 20 heavy (non-hydrogen) atoms. The SMILES string of the molecule is FC(F)(F)c1cccc(COc2cc(Cl)ccc2Cl)c1. The highest BCUT2D eigenvalue weighted by Gasteiger charge is 2.30. The summed E-state index contributed by atoms with van der Waals surface area (Å²) in [6.07, 6.45) is -4.37. The predicted molar refractivity (Wildman–Crippen MR) is 72.2 cm³/mol. The summed E-state index contributed by atoms with van der Waals surface area (Å²) in [5.41, 5.74) is -0.313. The second kappa shape index (κ2) is 5.94. The number of rotatable bonds is 3. The normalized spacial score (nSPS) is 11.4. The Balaban J connectivity index is 2.13. The van der Waals surface area contributed by atoms with E-state index in [9.17, 15) is 13.2 Å². The molecule has 1 nitrogen and oxygen atoms in total. The van der Waals surface area contributed by atoms with Gasteiger partial charge < -0.3 is 4.74 Å². The summed E-state index contributed by atoms with van der Waals surface area (Å²) in [6.45, 7) is -0.0238. The second-order valence-electron chi connectivity index (χ2n) is 4.06. The predicted octanol–water partition coefficient (Wildman–Crippen LogP) is 5.59. The molecule has 0 saturated carbocycles. The number of benzene rings is 2. The van der Waals surface area contributed by atoms with E-state index in [4.69, 9.17) is 27.9 Å². The topological polar surface area (TPSA) is 9.23 Å². The van der Waals surface area contributed by atoms with Crippen LogP contribution in [0.1, 0.15) is 11.1 Å². The average molecular weight is 321 g/mol. The molecule has 0 aliphatic carbocycles. The summed E-state index contributed by atoms with van der Waals surface area (Å²) in [7, 11) is 0. The fraction of sp³-hybridized carbons (Fsp3) is 0.143. The zero-order chi connectivity index (χ0) is 14.8. The smallest absolute Gasteiger partial charge is 0.416 e. The van der Waals surface area contributed by atoms with Gasteiger partial charge in [-0.3, -0.25) is 0 Å². The van der Waals surface area contributed by atoms with Crippen molar-refractivity contribution in [3.8, 4) is 5.75 Å². The maximum atomic E-state index is 12.6. The molecule has 0 aromatic heterocycles. The standard InChI is InChI=1S/C14H9Cl2F3O/c15-11-4-5-12(16)13(7-11)20-8-9-2-1-3-10(6-9)14(17,18)19/h1-7H,8H2. The lowest BCUT2D eigenvalue weighted by Crippen LogP contribution is -2.06. The Morgan fingerprint density at radius 2 is 1.75 bits per heavy atom. The molecular formula is C14H9Cl2F3O. The van der Waals surface area contributed by atoms with E-state index in [1.54, 1.807) is 18.2 Å². The average Bonchev–Trinajstić information content (AvgIpc) is 2.39. The Labute approximate surface area is 123 Å². The van der Waals surface area contributed by atoms with Crippen LogP contribution >= 0.6 is 23.2 Å². The molecule has 0 aliphatic heterocycles. The van der Waals surface area contributed by atoms with Gasteiger partial charge in [0.05, 0.1) is 10.6 Å². The van der Waals surface area contributed by atoms with Gasteiger partial charge in [0.2, 0.25) is 0 Å². The first-order valence-electron chi connectivity index (χ1n) is 5.60. The van der Waals surface area contributed by atoms with Crippen molar-refractivity contribution in [3.63, 3.8) is 0 Å². The Kier molecular flexibility index (Phi) is 4.45. The molecule has 0 saturated heterocycles. The molecular weight excluding hydrogens is 312 g/mol. The minimum atomic E-state index is -4.37. The Bertz CT molecular complexity index is 612. The molecule has 0 radical (unpaired) electrons. The van der Waals surface area contributed by atoms with Crippen molar-refractivity contribution in [2.75, 3.05) is 0 Å².